The highest BCUT2D eigenvalue weighted by molar-refractivity contribution is 6.42. The lowest BCUT2D eigenvalue weighted by atomic mass is 10.1. The van der Waals surface area contributed by atoms with Crippen LogP contribution in [0, 0.1) is 0 Å². The zero-order valence-corrected chi connectivity index (χ0v) is 13.7. The number of hydrogen-bond acceptors (Lipinski definition) is 3. The Labute approximate surface area is 140 Å². The van der Waals surface area contributed by atoms with Crippen molar-refractivity contribution in [3.63, 3.8) is 0 Å². The SMILES string of the molecule is Clc1ccc(C2CN(CCc3ccccn3)CCO2)cc1Cl. The largest absolute Gasteiger partial charge is 0.371 e. The summed E-state index contributed by atoms with van der Waals surface area (Å²) in [6.07, 6.45) is 2.84. The van der Waals surface area contributed by atoms with Crippen LogP contribution < -0.4 is 0 Å². The third-order valence-electron chi connectivity index (χ3n) is 3.88. The van der Waals surface area contributed by atoms with Crippen molar-refractivity contribution in [2.75, 3.05) is 26.2 Å². The molecule has 1 aliphatic heterocycles. The molecule has 1 fully saturated rings. The Bertz CT molecular complexity index is 621. The van der Waals surface area contributed by atoms with Crippen LogP contribution in [0.5, 0.6) is 0 Å². The van der Waals surface area contributed by atoms with Gasteiger partial charge >= 0.3 is 0 Å². The van der Waals surface area contributed by atoms with Gasteiger partial charge < -0.3 is 4.74 Å². The van der Waals surface area contributed by atoms with E-state index in [2.05, 4.69) is 16.0 Å². The summed E-state index contributed by atoms with van der Waals surface area (Å²) in [6.45, 7) is 3.53. The lowest BCUT2D eigenvalue weighted by molar-refractivity contribution is -0.0296. The summed E-state index contributed by atoms with van der Waals surface area (Å²) in [4.78, 5) is 6.78. The van der Waals surface area contributed by atoms with Gasteiger partial charge in [-0.05, 0) is 29.8 Å². The number of aromatic nitrogens is 1. The van der Waals surface area contributed by atoms with Crippen LogP contribution in [0.1, 0.15) is 17.4 Å². The van der Waals surface area contributed by atoms with E-state index in [4.69, 9.17) is 27.9 Å². The lowest BCUT2D eigenvalue weighted by Crippen LogP contribution is -2.39. The van der Waals surface area contributed by atoms with Gasteiger partial charge in [0.05, 0.1) is 22.8 Å². The second-order valence-electron chi connectivity index (χ2n) is 5.40. The van der Waals surface area contributed by atoms with Crippen LogP contribution in [0.4, 0.5) is 0 Å². The predicted octanol–water partition coefficient (Wildman–Crippen LogP) is 4.00. The summed E-state index contributed by atoms with van der Waals surface area (Å²) in [5.41, 5.74) is 2.21. The van der Waals surface area contributed by atoms with Crippen molar-refractivity contribution in [2.24, 2.45) is 0 Å². The van der Waals surface area contributed by atoms with Gasteiger partial charge in [0, 0.05) is 37.9 Å². The van der Waals surface area contributed by atoms with Gasteiger partial charge in [0.1, 0.15) is 0 Å². The average Bonchev–Trinajstić information content (AvgIpc) is 2.57. The topological polar surface area (TPSA) is 25.4 Å². The molecule has 1 unspecified atom stereocenters. The van der Waals surface area contributed by atoms with E-state index in [0.29, 0.717) is 10.0 Å². The molecule has 1 aromatic heterocycles. The van der Waals surface area contributed by atoms with Gasteiger partial charge in [0.25, 0.3) is 0 Å². The highest BCUT2D eigenvalue weighted by Gasteiger charge is 2.22. The van der Waals surface area contributed by atoms with Gasteiger partial charge in [-0.3, -0.25) is 9.88 Å². The minimum absolute atomic E-state index is 0.0484. The van der Waals surface area contributed by atoms with E-state index >= 15 is 0 Å². The number of pyridine rings is 1. The van der Waals surface area contributed by atoms with Crippen molar-refractivity contribution in [3.8, 4) is 0 Å². The fourth-order valence-corrected chi connectivity index (χ4v) is 2.95. The molecule has 0 bridgehead atoms. The Kier molecular flexibility index (Phi) is 5.32. The van der Waals surface area contributed by atoms with Crippen molar-refractivity contribution in [3.05, 3.63) is 63.9 Å². The van der Waals surface area contributed by atoms with E-state index in [1.807, 2.05) is 36.5 Å². The van der Waals surface area contributed by atoms with Gasteiger partial charge in [-0.1, -0.05) is 35.3 Å². The zero-order chi connectivity index (χ0) is 15.4. The van der Waals surface area contributed by atoms with Crippen LogP contribution in [0.15, 0.2) is 42.6 Å². The molecular weight excluding hydrogens is 319 g/mol. The summed E-state index contributed by atoms with van der Waals surface area (Å²) < 4.78 is 5.88. The number of rotatable bonds is 4. The standard InChI is InChI=1S/C17H18Cl2N2O/c18-15-5-4-13(11-16(15)19)17-12-21(9-10-22-17)8-6-14-3-1-2-7-20-14/h1-5,7,11,17H,6,8-10,12H2. The molecule has 1 saturated heterocycles. The lowest BCUT2D eigenvalue weighted by Gasteiger charge is -2.33. The van der Waals surface area contributed by atoms with E-state index in [9.17, 15) is 0 Å². The second kappa shape index (κ2) is 7.42. The van der Waals surface area contributed by atoms with E-state index in [0.717, 1.165) is 43.9 Å². The molecule has 5 heteroatoms. The van der Waals surface area contributed by atoms with Crippen molar-refractivity contribution < 1.29 is 4.74 Å². The number of morpholine rings is 1. The first-order valence-electron chi connectivity index (χ1n) is 7.41. The summed E-state index contributed by atoms with van der Waals surface area (Å²) in [6, 6.07) is 11.8. The maximum absolute atomic E-state index is 6.10. The van der Waals surface area contributed by atoms with E-state index in [1.54, 1.807) is 0 Å². The molecule has 1 aliphatic rings. The molecule has 0 spiro atoms. The predicted molar refractivity (Wildman–Crippen MR) is 89.5 cm³/mol. The number of ether oxygens (including phenoxy) is 1. The van der Waals surface area contributed by atoms with Crippen molar-refractivity contribution in [1.82, 2.24) is 9.88 Å². The molecule has 0 N–H and O–H groups in total. The average molecular weight is 337 g/mol. The van der Waals surface area contributed by atoms with Crippen LogP contribution in [-0.4, -0.2) is 36.1 Å². The van der Waals surface area contributed by atoms with Crippen molar-refractivity contribution in [1.29, 1.82) is 0 Å². The highest BCUT2D eigenvalue weighted by atomic mass is 35.5. The fourth-order valence-electron chi connectivity index (χ4n) is 2.64. The molecule has 2 aromatic rings. The Morgan fingerprint density at radius 3 is 2.86 bits per heavy atom. The number of nitrogens with zero attached hydrogens (tertiary/aromatic N) is 2. The molecule has 2 heterocycles. The number of hydrogen-bond donors (Lipinski definition) is 0. The molecular formula is C17H18Cl2N2O. The van der Waals surface area contributed by atoms with Gasteiger partial charge in [0.2, 0.25) is 0 Å². The van der Waals surface area contributed by atoms with Gasteiger partial charge in [-0.2, -0.15) is 0 Å². The van der Waals surface area contributed by atoms with Crippen molar-refractivity contribution >= 4 is 23.2 Å². The third-order valence-corrected chi connectivity index (χ3v) is 4.62. The van der Waals surface area contributed by atoms with Crippen molar-refractivity contribution in [2.45, 2.75) is 12.5 Å². The maximum Gasteiger partial charge on any atom is 0.0952 e. The molecule has 22 heavy (non-hydrogen) atoms. The Morgan fingerprint density at radius 2 is 2.09 bits per heavy atom. The molecule has 0 radical (unpaired) electrons. The third kappa shape index (κ3) is 3.99. The molecule has 3 nitrogen and oxygen atoms in total. The quantitative estimate of drug-likeness (QED) is 0.843. The molecule has 1 aromatic carbocycles. The smallest absolute Gasteiger partial charge is 0.0952 e. The van der Waals surface area contributed by atoms with E-state index in [1.165, 1.54) is 0 Å². The van der Waals surface area contributed by atoms with Gasteiger partial charge in [-0.25, -0.2) is 0 Å². The molecule has 1 atom stereocenters. The maximum atomic E-state index is 6.10. The summed E-state index contributed by atoms with van der Waals surface area (Å²) in [7, 11) is 0. The molecule has 0 amide bonds. The van der Waals surface area contributed by atoms with Crippen LogP contribution in [0.3, 0.4) is 0 Å². The summed E-state index contributed by atoms with van der Waals surface area (Å²) in [5, 5.41) is 1.15. The first-order chi connectivity index (χ1) is 10.7. The first-order valence-corrected chi connectivity index (χ1v) is 8.17. The van der Waals surface area contributed by atoms with Crippen LogP contribution in [-0.2, 0) is 11.2 Å². The minimum Gasteiger partial charge on any atom is -0.371 e. The normalized spacial score (nSPS) is 19.3. The zero-order valence-electron chi connectivity index (χ0n) is 12.2. The Morgan fingerprint density at radius 1 is 1.18 bits per heavy atom. The van der Waals surface area contributed by atoms with E-state index in [-0.39, 0.29) is 6.10 Å². The molecule has 3 rings (SSSR count). The first kappa shape index (κ1) is 15.8. The van der Waals surface area contributed by atoms with Crippen LogP contribution >= 0.6 is 23.2 Å². The monoisotopic (exact) mass is 336 g/mol. The number of benzene rings is 1. The van der Waals surface area contributed by atoms with E-state index < -0.39 is 0 Å². The number of halogens is 2. The van der Waals surface area contributed by atoms with Crippen LogP contribution in [0.25, 0.3) is 0 Å². The minimum atomic E-state index is 0.0484. The molecule has 0 saturated carbocycles. The summed E-state index contributed by atoms with van der Waals surface area (Å²) >= 11 is 12.1. The molecule has 116 valence electrons. The summed E-state index contributed by atoms with van der Waals surface area (Å²) in [5.74, 6) is 0. The Balaban J connectivity index is 1.60. The fraction of sp³-hybridized carbons (Fsp3) is 0.353. The Hall–Kier alpha value is -1.13. The van der Waals surface area contributed by atoms with Gasteiger partial charge in [-0.15, -0.1) is 0 Å². The van der Waals surface area contributed by atoms with Gasteiger partial charge in [0.15, 0.2) is 0 Å². The second-order valence-corrected chi connectivity index (χ2v) is 6.22. The molecule has 0 aliphatic carbocycles. The highest BCUT2D eigenvalue weighted by Crippen LogP contribution is 2.29. The van der Waals surface area contributed by atoms with Crippen LogP contribution in [0.2, 0.25) is 10.0 Å².